The van der Waals surface area contributed by atoms with Crippen LogP contribution in [0, 0.1) is 0 Å². The Labute approximate surface area is 157 Å². The summed E-state index contributed by atoms with van der Waals surface area (Å²) in [5, 5.41) is 7.04. The smallest absolute Gasteiger partial charge is 0.259 e. The number of benzene rings is 2. The van der Waals surface area contributed by atoms with Crippen molar-refractivity contribution < 1.29 is 4.79 Å². The molecule has 0 saturated carbocycles. The first-order valence-corrected chi connectivity index (χ1v) is 9.08. The SMILES string of the molecule is CCN(CC)c1ccc(C=NNC(=O)CNc2cccc(Br)c2)cc1. The minimum atomic E-state index is -0.198. The fourth-order valence-electron chi connectivity index (χ4n) is 2.36. The summed E-state index contributed by atoms with van der Waals surface area (Å²) in [7, 11) is 0. The third-order valence-corrected chi connectivity index (χ3v) is 4.20. The van der Waals surface area contributed by atoms with E-state index >= 15 is 0 Å². The van der Waals surface area contributed by atoms with E-state index in [1.807, 2.05) is 36.4 Å². The Balaban J connectivity index is 1.80. The molecule has 132 valence electrons. The molecule has 6 heteroatoms. The van der Waals surface area contributed by atoms with E-state index in [4.69, 9.17) is 0 Å². The van der Waals surface area contributed by atoms with Crippen molar-refractivity contribution in [2.24, 2.45) is 5.10 Å². The van der Waals surface area contributed by atoms with Crippen molar-refractivity contribution in [2.45, 2.75) is 13.8 Å². The predicted octanol–water partition coefficient (Wildman–Crippen LogP) is 3.86. The maximum Gasteiger partial charge on any atom is 0.259 e. The van der Waals surface area contributed by atoms with Crippen LogP contribution in [0.1, 0.15) is 19.4 Å². The highest BCUT2D eigenvalue weighted by Crippen LogP contribution is 2.15. The molecule has 0 unspecified atom stereocenters. The molecule has 2 aromatic carbocycles. The average molecular weight is 403 g/mol. The lowest BCUT2D eigenvalue weighted by molar-refractivity contribution is -0.119. The van der Waals surface area contributed by atoms with Crippen molar-refractivity contribution in [2.75, 3.05) is 29.9 Å². The molecule has 0 fully saturated rings. The molecule has 2 N–H and O–H groups in total. The topological polar surface area (TPSA) is 56.7 Å². The van der Waals surface area contributed by atoms with Gasteiger partial charge in [-0.2, -0.15) is 5.10 Å². The van der Waals surface area contributed by atoms with Gasteiger partial charge < -0.3 is 10.2 Å². The Morgan fingerprint density at radius 3 is 2.52 bits per heavy atom. The zero-order chi connectivity index (χ0) is 18.1. The molecule has 0 spiro atoms. The second kappa shape index (κ2) is 9.84. The van der Waals surface area contributed by atoms with E-state index < -0.39 is 0 Å². The lowest BCUT2D eigenvalue weighted by Gasteiger charge is -2.20. The highest BCUT2D eigenvalue weighted by Gasteiger charge is 2.01. The van der Waals surface area contributed by atoms with Gasteiger partial charge in [0.25, 0.3) is 5.91 Å². The van der Waals surface area contributed by atoms with Gasteiger partial charge in [0, 0.05) is 28.9 Å². The highest BCUT2D eigenvalue weighted by molar-refractivity contribution is 9.10. The molecule has 0 heterocycles. The molecule has 0 aromatic heterocycles. The van der Waals surface area contributed by atoms with Gasteiger partial charge in [0.2, 0.25) is 0 Å². The lowest BCUT2D eigenvalue weighted by Crippen LogP contribution is -2.25. The number of amides is 1. The van der Waals surface area contributed by atoms with Crippen LogP contribution >= 0.6 is 15.9 Å². The summed E-state index contributed by atoms with van der Waals surface area (Å²) in [5.41, 5.74) is 5.52. The lowest BCUT2D eigenvalue weighted by atomic mass is 10.2. The number of anilines is 2. The molecule has 0 aliphatic rings. The second-order valence-electron chi connectivity index (χ2n) is 5.42. The largest absolute Gasteiger partial charge is 0.376 e. The molecule has 0 aliphatic heterocycles. The van der Waals surface area contributed by atoms with Gasteiger partial charge in [-0.3, -0.25) is 4.79 Å². The van der Waals surface area contributed by atoms with E-state index in [2.05, 4.69) is 62.7 Å². The summed E-state index contributed by atoms with van der Waals surface area (Å²) in [6, 6.07) is 15.8. The summed E-state index contributed by atoms with van der Waals surface area (Å²) >= 11 is 3.39. The van der Waals surface area contributed by atoms with E-state index in [1.165, 1.54) is 5.69 Å². The zero-order valence-electron chi connectivity index (χ0n) is 14.5. The fraction of sp³-hybridized carbons (Fsp3) is 0.263. The maximum absolute atomic E-state index is 11.8. The number of hydrazone groups is 1. The average Bonchev–Trinajstić information content (AvgIpc) is 2.62. The first kappa shape index (κ1) is 19.0. The van der Waals surface area contributed by atoms with Crippen molar-refractivity contribution >= 4 is 39.4 Å². The van der Waals surface area contributed by atoms with Crippen LogP contribution in [0.5, 0.6) is 0 Å². The Hall–Kier alpha value is -2.34. The van der Waals surface area contributed by atoms with Crippen molar-refractivity contribution in [3.05, 3.63) is 58.6 Å². The Morgan fingerprint density at radius 2 is 1.88 bits per heavy atom. The van der Waals surface area contributed by atoms with E-state index in [-0.39, 0.29) is 12.5 Å². The number of nitrogens with one attached hydrogen (secondary N) is 2. The molecule has 0 saturated heterocycles. The maximum atomic E-state index is 11.8. The van der Waals surface area contributed by atoms with E-state index in [1.54, 1.807) is 6.21 Å². The van der Waals surface area contributed by atoms with Crippen molar-refractivity contribution in [3.8, 4) is 0 Å². The van der Waals surface area contributed by atoms with Gasteiger partial charge in [-0.25, -0.2) is 5.43 Å². The summed E-state index contributed by atoms with van der Waals surface area (Å²) in [5.74, 6) is -0.198. The molecule has 5 nitrogen and oxygen atoms in total. The summed E-state index contributed by atoms with van der Waals surface area (Å²) in [6.45, 7) is 6.39. The van der Waals surface area contributed by atoms with Gasteiger partial charge >= 0.3 is 0 Å². The molecule has 2 aromatic rings. The quantitative estimate of drug-likeness (QED) is 0.520. The third-order valence-electron chi connectivity index (χ3n) is 3.70. The summed E-state index contributed by atoms with van der Waals surface area (Å²) in [6.07, 6.45) is 1.64. The van der Waals surface area contributed by atoms with Crippen molar-refractivity contribution in [3.63, 3.8) is 0 Å². The first-order valence-electron chi connectivity index (χ1n) is 8.28. The molecule has 0 atom stereocenters. The normalized spacial score (nSPS) is 10.7. The third kappa shape index (κ3) is 6.23. The van der Waals surface area contributed by atoms with Crippen LogP contribution in [-0.4, -0.2) is 31.8 Å². The highest BCUT2D eigenvalue weighted by atomic mass is 79.9. The first-order chi connectivity index (χ1) is 12.1. The monoisotopic (exact) mass is 402 g/mol. The van der Waals surface area contributed by atoms with Crippen LogP contribution in [0.2, 0.25) is 0 Å². The van der Waals surface area contributed by atoms with Crippen LogP contribution in [0.15, 0.2) is 58.1 Å². The fourth-order valence-corrected chi connectivity index (χ4v) is 2.76. The van der Waals surface area contributed by atoms with E-state index in [0.717, 1.165) is 28.8 Å². The molecule has 2 rings (SSSR count). The summed E-state index contributed by atoms with van der Waals surface area (Å²) in [4.78, 5) is 14.1. The van der Waals surface area contributed by atoms with Crippen LogP contribution in [0.4, 0.5) is 11.4 Å². The van der Waals surface area contributed by atoms with Gasteiger partial charge in [0.05, 0.1) is 12.8 Å². The van der Waals surface area contributed by atoms with Crippen LogP contribution in [0.25, 0.3) is 0 Å². The molecular weight excluding hydrogens is 380 g/mol. The number of carbonyl (C=O) groups excluding carboxylic acids is 1. The minimum Gasteiger partial charge on any atom is -0.376 e. The Bertz CT molecular complexity index is 712. The standard InChI is InChI=1S/C19H23BrN4O/c1-3-24(4-2)18-10-8-15(9-11-18)13-22-23-19(25)14-21-17-7-5-6-16(20)12-17/h5-13,21H,3-4,14H2,1-2H3,(H,23,25). The molecule has 25 heavy (non-hydrogen) atoms. The number of hydrogen-bond acceptors (Lipinski definition) is 4. The Kier molecular flexibility index (Phi) is 7.47. The molecule has 0 aliphatic carbocycles. The molecule has 0 radical (unpaired) electrons. The summed E-state index contributed by atoms with van der Waals surface area (Å²) < 4.78 is 0.962. The Morgan fingerprint density at radius 1 is 1.16 bits per heavy atom. The van der Waals surface area contributed by atoms with Crippen LogP contribution in [0.3, 0.4) is 0 Å². The van der Waals surface area contributed by atoms with Gasteiger partial charge in [0.1, 0.15) is 0 Å². The van der Waals surface area contributed by atoms with E-state index in [0.29, 0.717) is 0 Å². The molecule has 0 bridgehead atoms. The minimum absolute atomic E-state index is 0.161. The van der Waals surface area contributed by atoms with Gasteiger partial charge in [-0.15, -0.1) is 0 Å². The zero-order valence-corrected chi connectivity index (χ0v) is 16.1. The van der Waals surface area contributed by atoms with Crippen molar-refractivity contribution in [1.29, 1.82) is 0 Å². The number of halogens is 1. The van der Waals surface area contributed by atoms with Crippen molar-refractivity contribution in [1.82, 2.24) is 5.43 Å². The van der Waals surface area contributed by atoms with Gasteiger partial charge in [0.15, 0.2) is 0 Å². The molecular formula is C19H23BrN4O. The predicted molar refractivity (Wildman–Crippen MR) is 108 cm³/mol. The number of hydrogen-bond donors (Lipinski definition) is 2. The van der Waals surface area contributed by atoms with E-state index in [9.17, 15) is 4.79 Å². The number of carbonyl (C=O) groups is 1. The van der Waals surface area contributed by atoms with Gasteiger partial charge in [-0.1, -0.05) is 34.1 Å². The van der Waals surface area contributed by atoms with Crippen LogP contribution < -0.4 is 15.6 Å². The molecule has 1 amide bonds. The second-order valence-corrected chi connectivity index (χ2v) is 6.34. The van der Waals surface area contributed by atoms with Gasteiger partial charge in [-0.05, 0) is 49.7 Å². The number of nitrogens with zero attached hydrogens (tertiary/aromatic N) is 2. The van der Waals surface area contributed by atoms with Crippen LogP contribution in [-0.2, 0) is 4.79 Å². The number of rotatable bonds is 8.